The standard InChI is InChI=1S/C20H20F3NO/c1-15(10-11-16-6-3-2-4-7-16)24-19(25)13-12-17-8-5-9-18(14-17)20(21,22)23/h2-9,12-15H,10-11H2,1H3,(H,24,25). The smallest absolute Gasteiger partial charge is 0.350 e. The van der Waals surface area contributed by atoms with Gasteiger partial charge in [0.2, 0.25) is 5.91 Å². The van der Waals surface area contributed by atoms with Gasteiger partial charge in [-0.2, -0.15) is 13.2 Å². The Morgan fingerprint density at radius 1 is 1.12 bits per heavy atom. The van der Waals surface area contributed by atoms with Crippen molar-refractivity contribution < 1.29 is 18.0 Å². The monoisotopic (exact) mass is 347 g/mol. The lowest BCUT2D eigenvalue weighted by molar-refractivity contribution is -0.137. The second kappa shape index (κ2) is 8.51. The van der Waals surface area contributed by atoms with Crippen LogP contribution in [0.15, 0.2) is 60.7 Å². The van der Waals surface area contributed by atoms with Crippen molar-refractivity contribution in [2.45, 2.75) is 32.0 Å². The van der Waals surface area contributed by atoms with E-state index in [1.807, 2.05) is 37.3 Å². The molecule has 0 aliphatic heterocycles. The minimum absolute atomic E-state index is 0.0288. The molecule has 0 aromatic heterocycles. The molecule has 132 valence electrons. The first-order valence-electron chi connectivity index (χ1n) is 8.04. The Labute approximate surface area is 145 Å². The van der Waals surface area contributed by atoms with Gasteiger partial charge >= 0.3 is 6.18 Å². The quantitative estimate of drug-likeness (QED) is 0.743. The highest BCUT2D eigenvalue weighted by atomic mass is 19.4. The number of carbonyl (C=O) groups is 1. The Balaban J connectivity index is 1.86. The van der Waals surface area contributed by atoms with Crippen LogP contribution in [0.1, 0.15) is 30.0 Å². The summed E-state index contributed by atoms with van der Waals surface area (Å²) in [5.41, 5.74) is 0.802. The normalized spacial score (nSPS) is 13.0. The number of rotatable bonds is 6. The van der Waals surface area contributed by atoms with E-state index in [4.69, 9.17) is 0 Å². The van der Waals surface area contributed by atoms with Crippen molar-refractivity contribution in [2.24, 2.45) is 0 Å². The molecule has 0 fully saturated rings. The summed E-state index contributed by atoms with van der Waals surface area (Å²) >= 11 is 0. The molecule has 25 heavy (non-hydrogen) atoms. The number of hydrogen-bond acceptors (Lipinski definition) is 1. The average molecular weight is 347 g/mol. The van der Waals surface area contributed by atoms with Gasteiger partial charge in [0.05, 0.1) is 5.56 Å². The van der Waals surface area contributed by atoms with Crippen LogP contribution in [0, 0.1) is 0 Å². The minimum atomic E-state index is -4.39. The Bertz CT molecular complexity index is 723. The molecule has 5 heteroatoms. The van der Waals surface area contributed by atoms with Crippen molar-refractivity contribution in [1.29, 1.82) is 0 Å². The Hall–Kier alpha value is -2.56. The van der Waals surface area contributed by atoms with E-state index >= 15 is 0 Å². The summed E-state index contributed by atoms with van der Waals surface area (Å²) in [7, 11) is 0. The molecule has 0 heterocycles. The first-order valence-corrected chi connectivity index (χ1v) is 8.04. The Morgan fingerprint density at radius 3 is 2.52 bits per heavy atom. The number of aryl methyl sites for hydroxylation is 1. The summed E-state index contributed by atoms with van der Waals surface area (Å²) < 4.78 is 38.0. The van der Waals surface area contributed by atoms with Crippen LogP contribution in [0.2, 0.25) is 0 Å². The van der Waals surface area contributed by atoms with Crippen LogP contribution >= 0.6 is 0 Å². The van der Waals surface area contributed by atoms with Crippen LogP contribution in [0.25, 0.3) is 6.08 Å². The van der Waals surface area contributed by atoms with Crippen LogP contribution in [0.4, 0.5) is 13.2 Å². The van der Waals surface area contributed by atoms with E-state index in [1.165, 1.54) is 29.8 Å². The third-order valence-corrected chi connectivity index (χ3v) is 3.74. The maximum Gasteiger partial charge on any atom is 0.416 e. The van der Waals surface area contributed by atoms with Gasteiger partial charge < -0.3 is 5.32 Å². The van der Waals surface area contributed by atoms with E-state index < -0.39 is 11.7 Å². The van der Waals surface area contributed by atoms with Gasteiger partial charge in [-0.3, -0.25) is 4.79 Å². The first-order chi connectivity index (χ1) is 11.8. The van der Waals surface area contributed by atoms with Crippen molar-refractivity contribution in [3.05, 3.63) is 77.4 Å². The van der Waals surface area contributed by atoms with Crippen LogP contribution in [0.3, 0.4) is 0 Å². The van der Waals surface area contributed by atoms with Gasteiger partial charge in [0.15, 0.2) is 0 Å². The van der Waals surface area contributed by atoms with E-state index in [9.17, 15) is 18.0 Å². The molecule has 0 aliphatic carbocycles. The predicted molar refractivity (Wildman–Crippen MR) is 92.8 cm³/mol. The summed E-state index contributed by atoms with van der Waals surface area (Å²) in [6, 6.07) is 14.8. The Kier molecular flexibility index (Phi) is 6.39. The van der Waals surface area contributed by atoms with E-state index in [0.29, 0.717) is 5.56 Å². The summed E-state index contributed by atoms with van der Waals surface area (Å²) in [6.45, 7) is 1.90. The van der Waals surface area contributed by atoms with E-state index in [2.05, 4.69) is 5.32 Å². The highest BCUT2D eigenvalue weighted by molar-refractivity contribution is 5.91. The maximum absolute atomic E-state index is 12.7. The summed E-state index contributed by atoms with van der Waals surface area (Å²) in [5, 5.41) is 2.82. The minimum Gasteiger partial charge on any atom is -0.350 e. The first kappa shape index (κ1) is 18.8. The molecule has 2 nitrogen and oxygen atoms in total. The van der Waals surface area contributed by atoms with Gasteiger partial charge in [-0.15, -0.1) is 0 Å². The number of amides is 1. The fraction of sp³-hybridized carbons (Fsp3) is 0.250. The number of benzene rings is 2. The fourth-order valence-electron chi connectivity index (χ4n) is 2.38. The molecule has 0 bridgehead atoms. The SMILES string of the molecule is CC(CCc1ccccc1)NC(=O)C=Cc1cccc(C(F)(F)F)c1. The summed E-state index contributed by atoms with van der Waals surface area (Å²) in [5.74, 6) is -0.321. The summed E-state index contributed by atoms with van der Waals surface area (Å²) in [6.07, 6.45) is -0.117. The van der Waals surface area contributed by atoms with Gasteiger partial charge in [0.1, 0.15) is 0 Å². The number of hydrogen-bond donors (Lipinski definition) is 1. The van der Waals surface area contributed by atoms with Crippen LogP contribution in [-0.4, -0.2) is 11.9 Å². The predicted octanol–water partition coefficient (Wildman–Crippen LogP) is 4.86. The molecule has 0 aliphatic rings. The van der Waals surface area contributed by atoms with E-state index in [1.54, 1.807) is 0 Å². The average Bonchev–Trinajstić information content (AvgIpc) is 2.59. The Morgan fingerprint density at radius 2 is 1.84 bits per heavy atom. The molecule has 0 saturated heterocycles. The van der Waals surface area contributed by atoms with Crippen molar-refractivity contribution in [3.8, 4) is 0 Å². The molecule has 0 saturated carbocycles. The number of halogens is 3. The van der Waals surface area contributed by atoms with Gasteiger partial charge in [-0.05, 0) is 49.1 Å². The third-order valence-electron chi connectivity index (χ3n) is 3.74. The van der Waals surface area contributed by atoms with Crippen molar-refractivity contribution in [2.75, 3.05) is 0 Å². The van der Waals surface area contributed by atoms with Gasteiger partial charge in [0, 0.05) is 12.1 Å². The zero-order valence-electron chi connectivity index (χ0n) is 13.9. The molecule has 2 aromatic carbocycles. The zero-order valence-corrected chi connectivity index (χ0v) is 13.9. The van der Waals surface area contributed by atoms with Crippen LogP contribution in [0.5, 0.6) is 0 Å². The highest BCUT2D eigenvalue weighted by Gasteiger charge is 2.30. The molecule has 1 N–H and O–H groups in total. The second-order valence-corrected chi connectivity index (χ2v) is 5.89. The largest absolute Gasteiger partial charge is 0.416 e. The molecule has 1 atom stereocenters. The molecule has 0 radical (unpaired) electrons. The zero-order chi connectivity index (χ0) is 18.3. The number of alkyl halides is 3. The van der Waals surface area contributed by atoms with Crippen molar-refractivity contribution >= 4 is 12.0 Å². The lowest BCUT2D eigenvalue weighted by atomic mass is 10.1. The number of nitrogens with one attached hydrogen (secondary N) is 1. The van der Waals surface area contributed by atoms with E-state index in [0.717, 1.165) is 25.0 Å². The highest BCUT2D eigenvalue weighted by Crippen LogP contribution is 2.29. The van der Waals surface area contributed by atoms with Gasteiger partial charge in [0.25, 0.3) is 0 Å². The molecule has 1 unspecified atom stereocenters. The molecule has 0 spiro atoms. The second-order valence-electron chi connectivity index (χ2n) is 5.89. The van der Waals surface area contributed by atoms with Crippen LogP contribution < -0.4 is 5.32 Å². The van der Waals surface area contributed by atoms with Crippen molar-refractivity contribution in [3.63, 3.8) is 0 Å². The number of carbonyl (C=O) groups excluding carboxylic acids is 1. The fourth-order valence-corrected chi connectivity index (χ4v) is 2.38. The molecule has 2 aromatic rings. The topological polar surface area (TPSA) is 29.1 Å². The lowest BCUT2D eigenvalue weighted by Gasteiger charge is -2.12. The third kappa shape index (κ3) is 6.45. The molecule has 1 amide bonds. The molecular weight excluding hydrogens is 327 g/mol. The van der Waals surface area contributed by atoms with Gasteiger partial charge in [-0.1, -0.05) is 42.5 Å². The van der Waals surface area contributed by atoms with Gasteiger partial charge in [-0.25, -0.2) is 0 Å². The maximum atomic E-state index is 12.7. The molecule has 2 rings (SSSR count). The van der Waals surface area contributed by atoms with E-state index in [-0.39, 0.29) is 11.9 Å². The summed E-state index contributed by atoms with van der Waals surface area (Å²) in [4.78, 5) is 11.9. The molecular formula is C20H20F3NO. The van der Waals surface area contributed by atoms with Crippen molar-refractivity contribution in [1.82, 2.24) is 5.32 Å². The van der Waals surface area contributed by atoms with Crippen LogP contribution in [-0.2, 0) is 17.4 Å². The lowest BCUT2D eigenvalue weighted by Crippen LogP contribution is -2.31.